The molecule has 8 heteroatoms. The number of likely N-dealkylation sites (tertiary alicyclic amines) is 1. The summed E-state index contributed by atoms with van der Waals surface area (Å²) in [4.78, 5) is 15.4. The Kier molecular flexibility index (Phi) is 6.63. The highest BCUT2D eigenvalue weighted by Gasteiger charge is 2.29. The molecule has 0 aliphatic carbocycles. The fourth-order valence-electron chi connectivity index (χ4n) is 3.56. The van der Waals surface area contributed by atoms with Crippen LogP contribution in [0.5, 0.6) is 5.75 Å². The Morgan fingerprint density at radius 3 is 2.50 bits per heavy atom. The van der Waals surface area contributed by atoms with E-state index >= 15 is 0 Å². The molecular weight excluding hydrogens is 398 g/mol. The lowest BCUT2D eigenvalue weighted by molar-refractivity contribution is -0.131. The SMILES string of the molecule is COc1ccc(Cn2nnnc2S[C@H](C(=O)N2CCCCC2)c2ccccc2)cc1. The summed E-state index contributed by atoms with van der Waals surface area (Å²) >= 11 is 1.41. The molecule has 0 radical (unpaired) electrons. The molecule has 0 bridgehead atoms. The van der Waals surface area contributed by atoms with Gasteiger partial charge in [0.1, 0.15) is 11.0 Å². The van der Waals surface area contributed by atoms with Crippen molar-refractivity contribution >= 4 is 17.7 Å². The second-order valence-electron chi connectivity index (χ2n) is 7.26. The molecule has 30 heavy (non-hydrogen) atoms. The zero-order valence-corrected chi connectivity index (χ0v) is 17.8. The van der Waals surface area contributed by atoms with Gasteiger partial charge in [-0.1, -0.05) is 54.2 Å². The van der Waals surface area contributed by atoms with Gasteiger partial charge in [-0.3, -0.25) is 4.79 Å². The van der Waals surface area contributed by atoms with Crippen molar-refractivity contribution in [1.82, 2.24) is 25.1 Å². The summed E-state index contributed by atoms with van der Waals surface area (Å²) in [5.41, 5.74) is 2.03. The Labute approximate surface area is 180 Å². The van der Waals surface area contributed by atoms with Crippen LogP contribution in [0.25, 0.3) is 0 Å². The normalized spacial score (nSPS) is 15.0. The van der Waals surface area contributed by atoms with Crippen LogP contribution in [0, 0.1) is 0 Å². The molecule has 1 amide bonds. The van der Waals surface area contributed by atoms with Crippen molar-refractivity contribution in [2.75, 3.05) is 20.2 Å². The number of benzene rings is 2. The maximum Gasteiger partial charge on any atom is 0.240 e. The first-order valence-electron chi connectivity index (χ1n) is 10.1. The van der Waals surface area contributed by atoms with E-state index in [9.17, 15) is 4.79 Å². The predicted octanol–water partition coefficient (Wildman–Crippen LogP) is 3.58. The number of aromatic nitrogens is 4. The standard InChI is InChI=1S/C22H25N5O2S/c1-29-19-12-10-17(11-13-19)16-27-22(23-24-25-27)30-20(18-8-4-2-5-9-18)21(28)26-14-6-3-7-15-26/h2,4-5,8-13,20H,3,6-7,14-16H2,1H3/t20-/m0/s1. The van der Waals surface area contributed by atoms with Gasteiger partial charge in [0.25, 0.3) is 0 Å². The van der Waals surface area contributed by atoms with Crippen molar-refractivity contribution in [3.63, 3.8) is 0 Å². The Hall–Kier alpha value is -2.87. The van der Waals surface area contributed by atoms with Crippen LogP contribution in [0.3, 0.4) is 0 Å². The number of hydrogen-bond donors (Lipinski definition) is 0. The number of rotatable bonds is 7. The van der Waals surface area contributed by atoms with Gasteiger partial charge < -0.3 is 9.64 Å². The summed E-state index contributed by atoms with van der Waals surface area (Å²) < 4.78 is 6.96. The van der Waals surface area contributed by atoms with Gasteiger partial charge in [0.15, 0.2) is 0 Å². The third kappa shape index (κ3) is 4.81. The second-order valence-corrected chi connectivity index (χ2v) is 8.33. The molecule has 1 aliphatic rings. The largest absolute Gasteiger partial charge is 0.497 e. The molecule has 0 N–H and O–H groups in total. The molecule has 2 aromatic carbocycles. The van der Waals surface area contributed by atoms with Crippen LogP contribution in [0.15, 0.2) is 59.8 Å². The summed E-state index contributed by atoms with van der Waals surface area (Å²) in [7, 11) is 1.65. The monoisotopic (exact) mass is 423 g/mol. The third-order valence-electron chi connectivity index (χ3n) is 5.21. The molecule has 1 aliphatic heterocycles. The van der Waals surface area contributed by atoms with Crippen molar-refractivity contribution in [2.45, 2.75) is 36.2 Å². The maximum atomic E-state index is 13.4. The van der Waals surface area contributed by atoms with E-state index in [-0.39, 0.29) is 11.2 Å². The van der Waals surface area contributed by atoms with Crippen LogP contribution in [-0.2, 0) is 11.3 Å². The highest BCUT2D eigenvalue weighted by Crippen LogP contribution is 2.36. The number of carbonyl (C=O) groups is 1. The molecule has 0 unspecified atom stereocenters. The molecule has 1 aromatic heterocycles. The lowest BCUT2D eigenvalue weighted by Gasteiger charge is -2.30. The van der Waals surface area contributed by atoms with Crippen LogP contribution >= 0.6 is 11.8 Å². The third-order valence-corrected chi connectivity index (χ3v) is 6.42. The minimum atomic E-state index is -0.370. The van der Waals surface area contributed by atoms with Crippen molar-refractivity contribution in [1.29, 1.82) is 0 Å². The van der Waals surface area contributed by atoms with Crippen molar-refractivity contribution in [3.05, 3.63) is 65.7 Å². The topological polar surface area (TPSA) is 73.1 Å². The summed E-state index contributed by atoms with van der Waals surface area (Å²) in [6, 6.07) is 17.7. The van der Waals surface area contributed by atoms with E-state index in [1.54, 1.807) is 11.8 Å². The van der Waals surface area contributed by atoms with E-state index in [1.165, 1.54) is 18.2 Å². The highest BCUT2D eigenvalue weighted by molar-refractivity contribution is 8.00. The zero-order chi connectivity index (χ0) is 20.8. The molecule has 7 nitrogen and oxygen atoms in total. The first-order chi connectivity index (χ1) is 14.7. The van der Waals surface area contributed by atoms with E-state index in [0.717, 1.165) is 42.8 Å². The number of amides is 1. The molecule has 3 aromatic rings. The summed E-state index contributed by atoms with van der Waals surface area (Å²) in [6.07, 6.45) is 3.31. The van der Waals surface area contributed by atoms with Gasteiger partial charge in [-0.25, -0.2) is 4.68 Å². The molecule has 2 heterocycles. The fraction of sp³-hybridized carbons (Fsp3) is 0.364. The maximum absolute atomic E-state index is 13.4. The molecule has 0 saturated carbocycles. The summed E-state index contributed by atoms with van der Waals surface area (Å²) in [5.74, 6) is 0.936. The quantitative estimate of drug-likeness (QED) is 0.541. The average Bonchev–Trinajstić information content (AvgIpc) is 3.25. The number of carbonyl (C=O) groups excluding carboxylic acids is 1. The van der Waals surface area contributed by atoms with Gasteiger partial charge in [0, 0.05) is 13.1 Å². The van der Waals surface area contributed by atoms with Crippen LogP contribution in [0.1, 0.15) is 35.6 Å². The van der Waals surface area contributed by atoms with Crippen LogP contribution in [-0.4, -0.2) is 51.2 Å². The van der Waals surface area contributed by atoms with Crippen LogP contribution in [0.4, 0.5) is 0 Å². The lowest BCUT2D eigenvalue weighted by Crippen LogP contribution is -2.38. The number of thioether (sulfide) groups is 1. The van der Waals surface area contributed by atoms with E-state index in [0.29, 0.717) is 11.7 Å². The Morgan fingerprint density at radius 1 is 1.07 bits per heavy atom. The van der Waals surface area contributed by atoms with Crippen molar-refractivity contribution < 1.29 is 9.53 Å². The summed E-state index contributed by atoms with van der Waals surface area (Å²) in [5, 5.41) is 12.5. The minimum absolute atomic E-state index is 0.130. The summed E-state index contributed by atoms with van der Waals surface area (Å²) in [6.45, 7) is 2.16. The molecule has 1 saturated heterocycles. The first-order valence-corrected chi connectivity index (χ1v) is 11.0. The minimum Gasteiger partial charge on any atom is -0.497 e. The number of ether oxygens (including phenoxy) is 1. The Morgan fingerprint density at radius 2 is 1.80 bits per heavy atom. The van der Waals surface area contributed by atoms with E-state index < -0.39 is 0 Å². The smallest absolute Gasteiger partial charge is 0.240 e. The molecule has 0 spiro atoms. The van der Waals surface area contributed by atoms with Gasteiger partial charge in [-0.05, 0) is 52.9 Å². The number of piperidine rings is 1. The van der Waals surface area contributed by atoms with Gasteiger partial charge in [-0.15, -0.1) is 5.10 Å². The fourth-order valence-corrected chi connectivity index (χ4v) is 4.62. The predicted molar refractivity (Wildman–Crippen MR) is 115 cm³/mol. The molecule has 1 fully saturated rings. The highest BCUT2D eigenvalue weighted by atomic mass is 32.2. The average molecular weight is 424 g/mol. The molecular formula is C22H25N5O2S. The first kappa shape index (κ1) is 20.4. The number of tetrazole rings is 1. The van der Waals surface area contributed by atoms with Gasteiger partial charge in [0.05, 0.1) is 13.7 Å². The Balaban J connectivity index is 1.56. The molecule has 4 rings (SSSR count). The van der Waals surface area contributed by atoms with Crippen LogP contribution < -0.4 is 4.74 Å². The van der Waals surface area contributed by atoms with Gasteiger partial charge >= 0.3 is 0 Å². The van der Waals surface area contributed by atoms with E-state index in [2.05, 4.69) is 15.5 Å². The zero-order valence-electron chi connectivity index (χ0n) is 17.0. The van der Waals surface area contributed by atoms with Crippen LogP contribution in [0.2, 0.25) is 0 Å². The van der Waals surface area contributed by atoms with E-state index in [4.69, 9.17) is 4.74 Å². The molecule has 156 valence electrons. The van der Waals surface area contributed by atoms with Gasteiger partial charge in [-0.2, -0.15) is 0 Å². The number of methoxy groups -OCH3 is 1. The Bertz CT molecular complexity index is 955. The van der Waals surface area contributed by atoms with Crippen molar-refractivity contribution in [3.8, 4) is 5.75 Å². The lowest BCUT2D eigenvalue weighted by atomic mass is 10.1. The van der Waals surface area contributed by atoms with Gasteiger partial charge in [0.2, 0.25) is 11.1 Å². The number of nitrogens with zero attached hydrogens (tertiary/aromatic N) is 5. The second kappa shape index (κ2) is 9.75. The molecule has 1 atom stereocenters. The van der Waals surface area contributed by atoms with E-state index in [1.807, 2.05) is 59.5 Å². The number of hydrogen-bond acceptors (Lipinski definition) is 6. The van der Waals surface area contributed by atoms with Crippen molar-refractivity contribution in [2.24, 2.45) is 0 Å².